The molecule has 0 aromatic carbocycles. The van der Waals surface area contributed by atoms with E-state index in [0.717, 1.165) is 0 Å². The predicted molar refractivity (Wildman–Crippen MR) is 123 cm³/mol. The van der Waals surface area contributed by atoms with Crippen molar-refractivity contribution in [2.75, 3.05) is 0 Å². The summed E-state index contributed by atoms with van der Waals surface area (Å²) in [5.41, 5.74) is -0.717. The Labute approximate surface area is 192 Å². The molecule has 0 aromatic heterocycles. The summed E-state index contributed by atoms with van der Waals surface area (Å²) in [6.07, 6.45) is 0.240. The largest absolute Gasteiger partial charge is 0.480 e. The first-order valence-electron chi connectivity index (χ1n) is 11.3. The summed E-state index contributed by atoms with van der Waals surface area (Å²) in [6, 6.07) is -2.86. The van der Waals surface area contributed by atoms with Gasteiger partial charge < -0.3 is 25.8 Å². The van der Waals surface area contributed by atoms with Crippen LogP contribution >= 0.6 is 0 Å². The number of alkyl carbamates (subject to hydrolysis) is 1. The third-order valence-corrected chi connectivity index (χ3v) is 4.38. The summed E-state index contributed by atoms with van der Waals surface area (Å²) in [4.78, 5) is 49.6. The highest BCUT2D eigenvalue weighted by Crippen LogP contribution is 2.12. The average molecular weight is 458 g/mol. The highest BCUT2D eigenvalue weighted by atomic mass is 16.6. The van der Waals surface area contributed by atoms with Crippen molar-refractivity contribution in [3.05, 3.63) is 0 Å². The summed E-state index contributed by atoms with van der Waals surface area (Å²) in [5.74, 6) is -1.95. The van der Waals surface area contributed by atoms with E-state index in [9.17, 15) is 24.3 Å². The number of ether oxygens (including phenoxy) is 1. The van der Waals surface area contributed by atoms with Gasteiger partial charge in [0, 0.05) is 0 Å². The Kier molecular flexibility index (Phi) is 12.3. The van der Waals surface area contributed by atoms with Crippen LogP contribution in [0.5, 0.6) is 0 Å². The lowest BCUT2D eigenvalue weighted by molar-refractivity contribution is -0.142. The summed E-state index contributed by atoms with van der Waals surface area (Å²) in [7, 11) is 0. The molecule has 0 aliphatic rings. The molecule has 0 saturated heterocycles. The first-order valence-corrected chi connectivity index (χ1v) is 11.3. The third-order valence-electron chi connectivity index (χ3n) is 4.38. The Hall–Kier alpha value is -2.32. The molecule has 0 saturated carbocycles. The minimum Gasteiger partial charge on any atom is -0.480 e. The maximum absolute atomic E-state index is 13.0. The molecule has 9 nitrogen and oxygen atoms in total. The molecule has 3 atom stereocenters. The van der Waals surface area contributed by atoms with Crippen molar-refractivity contribution in [1.82, 2.24) is 16.0 Å². The van der Waals surface area contributed by atoms with Crippen LogP contribution in [0.4, 0.5) is 4.79 Å². The van der Waals surface area contributed by atoms with Crippen LogP contribution < -0.4 is 16.0 Å². The van der Waals surface area contributed by atoms with Crippen molar-refractivity contribution in [2.45, 2.75) is 105 Å². The number of amides is 3. The Balaban J connectivity index is 5.47. The number of carboxylic acid groups (broad SMARTS) is 1. The van der Waals surface area contributed by atoms with Gasteiger partial charge in [-0.1, -0.05) is 41.5 Å². The number of carboxylic acids is 1. The van der Waals surface area contributed by atoms with E-state index in [0.29, 0.717) is 12.8 Å². The number of carbonyl (C=O) groups is 4. The van der Waals surface area contributed by atoms with Gasteiger partial charge in [0.2, 0.25) is 11.8 Å². The summed E-state index contributed by atoms with van der Waals surface area (Å²) in [5, 5.41) is 17.3. The topological polar surface area (TPSA) is 134 Å². The molecule has 0 radical (unpaired) electrons. The zero-order valence-corrected chi connectivity index (χ0v) is 21.1. The highest BCUT2D eigenvalue weighted by Gasteiger charge is 2.31. The van der Waals surface area contributed by atoms with E-state index in [2.05, 4.69) is 16.0 Å². The molecule has 0 aliphatic carbocycles. The fourth-order valence-electron chi connectivity index (χ4n) is 3.09. The SMILES string of the molecule is CC(C)C[C@H](NC(=O)[C@H](CC(C)C)NC(=O)[C@H](CC(C)C)NC(=O)OC(C)(C)C)C(=O)O. The van der Waals surface area contributed by atoms with Crippen LogP contribution in [0.15, 0.2) is 0 Å². The van der Waals surface area contributed by atoms with E-state index < -0.39 is 47.6 Å². The molecule has 0 aromatic rings. The maximum Gasteiger partial charge on any atom is 0.408 e. The molecule has 4 N–H and O–H groups in total. The van der Waals surface area contributed by atoms with Crippen LogP contribution in [0.2, 0.25) is 0 Å². The standard InChI is InChI=1S/C23H43N3O6/c1-13(2)10-16(19(27)25-18(21(29)30)12-15(5)6)24-20(28)17(11-14(3)4)26-22(31)32-23(7,8)9/h13-18H,10-12H2,1-9H3,(H,24,28)(H,25,27)(H,26,31)(H,29,30)/t16-,17-,18-/m0/s1. The fraction of sp³-hybridized carbons (Fsp3) is 0.826. The molecule has 0 rings (SSSR count). The zero-order valence-electron chi connectivity index (χ0n) is 21.1. The number of nitrogens with one attached hydrogen (secondary N) is 3. The zero-order chi connectivity index (χ0) is 25.2. The van der Waals surface area contributed by atoms with E-state index in [-0.39, 0.29) is 24.2 Å². The quantitative estimate of drug-likeness (QED) is 0.356. The smallest absolute Gasteiger partial charge is 0.408 e. The van der Waals surface area contributed by atoms with Crippen LogP contribution in [-0.4, -0.2) is 52.7 Å². The lowest BCUT2D eigenvalue weighted by atomic mass is 9.99. The van der Waals surface area contributed by atoms with Crippen molar-refractivity contribution < 1.29 is 29.0 Å². The second-order valence-electron chi connectivity index (χ2n) is 10.5. The molecule has 3 amide bonds. The van der Waals surface area contributed by atoms with E-state index in [1.165, 1.54) is 0 Å². The first-order chi connectivity index (χ1) is 14.5. The summed E-state index contributed by atoms with van der Waals surface area (Å²) in [6.45, 7) is 16.6. The maximum atomic E-state index is 13.0. The molecule has 0 spiro atoms. The monoisotopic (exact) mass is 457 g/mol. The number of carbonyl (C=O) groups excluding carboxylic acids is 3. The van der Waals surface area contributed by atoms with Gasteiger partial charge in [-0.15, -0.1) is 0 Å². The number of hydrogen-bond donors (Lipinski definition) is 4. The van der Waals surface area contributed by atoms with Gasteiger partial charge >= 0.3 is 12.1 Å². The molecular weight excluding hydrogens is 414 g/mol. The molecule has 0 heterocycles. The van der Waals surface area contributed by atoms with Gasteiger partial charge in [-0.2, -0.15) is 0 Å². The Morgan fingerprint density at radius 1 is 0.688 bits per heavy atom. The third kappa shape index (κ3) is 13.2. The molecule has 0 aliphatic heterocycles. The Bertz CT molecular complexity index is 640. The molecule has 186 valence electrons. The van der Waals surface area contributed by atoms with Gasteiger partial charge in [-0.3, -0.25) is 9.59 Å². The molecule has 32 heavy (non-hydrogen) atoms. The number of hydrogen-bond acceptors (Lipinski definition) is 5. The molecule has 9 heteroatoms. The van der Waals surface area contributed by atoms with Crippen LogP contribution in [0, 0.1) is 17.8 Å². The second kappa shape index (κ2) is 13.3. The van der Waals surface area contributed by atoms with Gasteiger partial charge in [-0.05, 0) is 57.8 Å². The van der Waals surface area contributed by atoms with E-state index in [4.69, 9.17) is 4.74 Å². The molecular formula is C23H43N3O6. The van der Waals surface area contributed by atoms with E-state index >= 15 is 0 Å². The van der Waals surface area contributed by atoms with Crippen LogP contribution in [0.1, 0.15) is 81.6 Å². The molecule has 0 bridgehead atoms. The lowest BCUT2D eigenvalue weighted by Gasteiger charge is -2.27. The second-order valence-corrected chi connectivity index (χ2v) is 10.5. The average Bonchev–Trinajstić information content (AvgIpc) is 2.56. The fourth-order valence-corrected chi connectivity index (χ4v) is 3.09. The van der Waals surface area contributed by atoms with Crippen molar-refractivity contribution in [1.29, 1.82) is 0 Å². The lowest BCUT2D eigenvalue weighted by Crippen LogP contribution is -2.56. The van der Waals surface area contributed by atoms with Crippen molar-refractivity contribution in [3.63, 3.8) is 0 Å². The predicted octanol–water partition coefficient (Wildman–Crippen LogP) is 3.07. The normalized spacial score (nSPS) is 14.6. The van der Waals surface area contributed by atoms with Gasteiger partial charge in [0.15, 0.2) is 0 Å². The van der Waals surface area contributed by atoms with Gasteiger partial charge in [-0.25, -0.2) is 9.59 Å². The van der Waals surface area contributed by atoms with Crippen molar-refractivity contribution in [3.8, 4) is 0 Å². The molecule has 0 unspecified atom stereocenters. The Morgan fingerprint density at radius 2 is 1.03 bits per heavy atom. The van der Waals surface area contributed by atoms with Gasteiger partial charge in [0.25, 0.3) is 0 Å². The number of aliphatic carboxylic acids is 1. The van der Waals surface area contributed by atoms with Gasteiger partial charge in [0.05, 0.1) is 0 Å². The van der Waals surface area contributed by atoms with E-state index in [1.54, 1.807) is 20.8 Å². The van der Waals surface area contributed by atoms with Crippen LogP contribution in [0.25, 0.3) is 0 Å². The first kappa shape index (κ1) is 29.7. The van der Waals surface area contributed by atoms with Crippen molar-refractivity contribution >= 4 is 23.9 Å². The summed E-state index contributed by atoms with van der Waals surface area (Å²) >= 11 is 0. The minimum absolute atomic E-state index is 0.0711. The highest BCUT2D eigenvalue weighted by molar-refractivity contribution is 5.92. The summed E-state index contributed by atoms with van der Waals surface area (Å²) < 4.78 is 5.26. The van der Waals surface area contributed by atoms with Crippen molar-refractivity contribution in [2.24, 2.45) is 17.8 Å². The van der Waals surface area contributed by atoms with E-state index in [1.807, 2.05) is 41.5 Å². The van der Waals surface area contributed by atoms with Crippen LogP contribution in [0.3, 0.4) is 0 Å². The van der Waals surface area contributed by atoms with Crippen LogP contribution in [-0.2, 0) is 19.1 Å². The molecule has 0 fully saturated rings. The Morgan fingerprint density at radius 3 is 1.38 bits per heavy atom. The number of rotatable bonds is 12. The minimum atomic E-state index is -1.12. The van der Waals surface area contributed by atoms with Gasteiger partial charge in [0.1, 0.15) is 23.7 Å².